The van der Waals surface area contributed by atoms with E-state index in [9.17, 15) is 19.2 Å². The van der Waals surface area contributed by atoms with Crippen molar-refractivity contribution in [2.24, 2.45) is 18.9 Å². The number of fused-ring (bicyclic) bond motifs is 5. The van der Waals surface area contributed by atoms with Gasteiger partial charge >= 0.3 is 0 Å². The predicted octanol–water partition coefficient (Wildman–Crippen LogP) is -0.125. The molecule has 3 fully saturated rings. The molecule has 4 heterocycles. The quantitative estimate of drug-likeness (QED) is 0.770. The van der Waals surface area contributed by atoms with Crippen molar-refractivity contribution >= 4 is 23.4 Å². The van der Waals surface area contributed by atoms with Crippen molar-refractivity contribution in [3.8, 4) is 0 Å². The molecule has 0 saturated carbocycles. The van der Waals surface area contributed by atoms with Gasteiger partial charge in [0.05, 0.1) is 24.0 Å². The van der Waals surface area contributed by atoms with Crippen LogP contribution in [0.5, 0.6) is 0 Å². The van der Waals surface area contributed by atoms with Gasteiger partial charge in [-0.15, -0.1) is 0 Å². The fourth-order valence-corrected chi connectivity index (χ4v) is 4.16. The van der Waals surface area contributed by atoms with Crippen LogP contribution < -0.4 is 10.9 Å². The van der Waals surface area contributed by atoms with E-state index >= 15 is 0 Å². The molecule has 25 heavy (non-hydrogen) atoms. The summed E-state index contributed by atoms with van der Waals surface area (Å²) in [7, 11) is 1.58. The van der Waals surface area contributed by atoms with Gasteiger partial charge in [-0.1, -0.05) is 0 Å². The Bertz CT molecular complexity index is 804. The molecular weight excluding hydrogens is 326 g/mol. The number of aryl methyl sites for hydroxylation is 1. The summed E-state index contributed by atoms with van der Waals surface area (Å²) in [5.74, 6) is -2.17. The number of ether oxygens (including phenoxy) is 1. The zero-order valence-corrected chi connectivity index (χ0v) is 14.0. The topological polar surface area (TPSA) is 97.7 Å². The van der Waals surface area contributed by atoms with Crippen molar-refractivity contribution in [1.29, 1.82) is 0 Å². The van der Waals surface area contributed by atoms with E-state index in [1.807, 2.05) is 0 Å². The summed E-state index contributed by atoms with van der Waals surface area (Å²) in [5, 5.41) is 2.52. The maximum absolute atomic E-state index is 12.7. The molecule has 4 rings (SSSR count). The summed E-state index contributed by atoms with van der Waals surface area (Å²) in [5.41, 5.74) is -0.241. The zero-order valence-electron chi connectivity index (χ0n) is 14.0. The molecule has 5 unspecified atom stereocenters. The number of amides is 3. The summed E-state index contributed by atoms with van der Waals surface area (Å²) in [6.07, 6.45) is 2.70. The van der Waals surface area contributed by atoms with Gasteiger partial charge in [0.25, 0.3) is 5.56 Å². The number of anilines is 1. The van der Waals surface area contributed by atoms with Crippen LogP contribution in [0.25, 0.3) is 0 Å². The second-order valence-electron chi connectivity index (χ2n) is 6.89. The summed E-state index contributed by atoms with van der Waals surface area (Å²) >= 11 is 0. The monoisotopic (exact) mass is 345 g/mol. The highest BCUT2D eigenvalue weighted by Gasteiger charge is 2.63. The van der Waals surface area contributed by atoms with Crippen LogP contribution in [0.15, 0.2) is 23.1 Å². The Morgan fingerprint density at radius 3 is 2.40 bits per heavy atom. The van der Waals surface area contributed by atoms with Crippen molar-refractivity contribution in [3.05, 3.63) is 28.7 Å². The highest BCUT2D eigenvalue weighted by molar-refractivity contribution is 6.10. The Labute approximate surface area is 143 Å². The first-order valence-electron chi connectivity index (χ1n) is 8.39. The molecule has 8 heteroatoms. The number of pyridine rings is 1. The smallest absolute Gasteiger partial charge is 0.274 e. The normalized spacial score (nSPS) is 31.4. The van der Waals surface area contributed by atoms with Crippen molar-refractivity contribution in [3.63, 3.8) is 0 Å². The van der Waals surface area contributed by atoms with Crippen LogP contribution in [0.2, 0.25) is 0 Å². The highest BCUT2D eigenvalue weighted by atomic mass is 16.5. The summed E-state index contributed by atoms with van der Waals surface area (Å²) in [6.45, 7) is 1.50. The van der Waals surface area contributed by atoms with E-state index in [0.29, 0.717) is 0 Å². The molecule has 0 radical (unpaired) electrons. The molecule has 3 aliphatic rings. The molecular formula is C17H19N3O5. The number of hydrogen-bond donors (Lipinski definition) is 1. The molecule has 8 nitrogen and oxygen atoms in total. The van der Waals surface area contributed by atoms with Crippen LogP contribution >= 0.6 is 0 Å². The van der Waals surface area contributed by atoms with Gasteiger partial charge in [-0.25, -0.2) is 0 Å². The van der Waals surface area contributed by atoms with Crippen molar-refractivity contribution in [1.82, 2.24) is 9.47 Å². The first kappa shape index (κ1) is 16.0. The predicted molar refractivity (Wildman–Crippen MR) is 86.5 cm³/mol. The fourth-order valence-electron chi connectivity index (χ4n) is 4.16. The summed E-state index contributed by atoms with van der Waals surface area (Å²) in [4.78, 5) is 50.9. The third-order valence-electron chi connectivity index (χ3n) is 5.47. The Morgan fingerprint density at radius 1 is 1.20 bits per heavy atom. The molecule has 3 amide bonds. The Kier molecular flexibility index (Phi) is 3.54. The maximum Gasteiger partial charge on any atom is 0.274 e. The first-order chi connectivity index (χ1) is 11.9. The average Bonchev–Trinajstić information content (AvgIpc) is 3.25. The minimum absolute atomic E-state index is 0.115. The second-order valence-corrected chi connectivity index (χ2v) is 6.89. The number of carbonyl (C=O) groups excluding carboxylic acids is 3. The first-order valence-corrected chi connectivity index (χ1v) is 8.39. The van der Waals surface area contributed by atoms with Crippen LogP contribution in [0, 0.1) is 11.8 Å². The number of nitrogens with one attached hydrogen (secondary N) is 1. The molecule has 3 saturated heterocycles. The molecule has 2 bridgehead atoms. The minimum Gasteiger partial charge on any atom is -0.373 e. The van der Waals surface area contributed by atoms with Crippen LogP contribution in [0.3, 0.4) is 0 Å². The lowest BCUT2D eigenvalue weighted by Gasteiger charge is -2.23. The van der Waals surface area contributed by atoms with E-state index in [1.165, 1.54) is 17.6 Å². The van der Waals surface area contributed by atoms with Crippen molar-refractivity contribution in [2.75, 3.05) is 5.32 Å². The molecule has 0 aromatic carbocycles. The number of rotatable bonds is 3. The molecule has 1 N–H and O–H groups in total. The number of aromatic nitrogens is 1. The Balaban J connectivity index is 1.55. The van der Waals surface area contributed by atoms with Crippen molar-refractivity contribution < 1.29 is 19.1 Å². The number of imide groups is 1. The molecule has 132 valence electrons. The Hall–Kier alpha value is -2.48. The highest BCUT2D eigenvalue weighted by Crippen LogP contribution is 2.48. The standard InChI is InChI=1S/C17H19N3O5/c1-8(14(21)18-9-4-3-7-19(2)15(9)22)20-16(23)12-10-5-6-11(25-10)13(12)17(20)24/h3-4,7-8,10-13H,5-6H2,1-2H3,(H,18,21). The number of hydrogen-bond acceptors (Lipinski definition) is 5. The second kappa shape index (κ2) is 5.52. The molecule has 1 aromatic rings. The van der Waals surface area contributed by atoms with Crippen LogP contribution in [-0.2, 0) is 26.2 Å². The number of nitrogens with zero attached hydrogens (tertiary/aromatic N) is 2. The van der Waals surface area contributed by atoms with E-state index < -0.39 is 23.8 Å². The van der Waals surface area contributed by atoms with E-state index in [-0.39, 0.29) is 35.3 Å². The van der Waals surface area contributed by atoms with Crippen LogP contribution in [-0.4, -0.2) is 45.4 Å². The van der Waals surface area contributed by atoms with Crippen LogP contribution in [0.4, 0.5) is 5.69 Å². The van der Waals surface area contributed by atoms with E-state index in [4.69, 9.17) is 4.74 Å². The lowest BCUT2D eigenvalue weighted by Crippen LogP contribution is -2.47. The van der Waals surface area contributed by atoms with Gasteiger partial charge < -0.3 is 14.6 Å². The number of carbonyl (C=O) groups is 3. The maximum atomic E-state index is 12.7. The van der Waals surface area contributed by atoms with E-state index in [1.54, 1.807) is 19.3 Å². The van der Waals surface area contributed by atoms with Gasteiger partial charge in [0, 0.05) is 13.2 Å². The van der Waals surface area contributed by atoms with Crippen molar-refractivity contribution in [2.45, 2.75) is 38.0 Å². The minimum atomic E-state index is -0.977. The van der Waals surface area contributed by atoms with Gasteiger partial charge in [-0.2, -0.15) is 0 Å². The SMILES string of the molecule is CC(C(=O)Nc1cccn(C)c1=O)N1C(=O)C2C3CCC(O3)C2C1=O. The van der Waals surface area contributed by atoms with Gasteiger partial charge in [0.15, 0.2) is 0 Å². The molecule has 0 aliphatic carbocycles. The summed E-state index contributed by atoms with van der Waals surface area (Å²) in [6, 6.07) is 2.14. The van der Waals surface area contributed by atoms with Gasteiger partial charge in [0.2, 0.25) is 17.7 Å². The van der Waals surface area contributed by atoms with E-state index in [2.05, 4.69) is 5.32 Å². The molecule has 1 aromatic heterocycles. The van der Waals surface area contributed by atoms with Crippen LogP contribution in [0.1, 0.15) is 19.8 Å². The zero-order chi connectivity index (χ0) is 17.9. The van der Waals surface area contributed by atoms with Gasteiger partial charge in [-0.3, -0.25) is 24.1 Å². The molecule has 0 spiro atoms. The lowest BCUT2D eigenvalue weighted by molar-refractivity contribution is -0.148. The third-order valence-corrected chi connectivity index (χ3v) is 5.47. The number of likely N-dealkylation sites (tertiary alicyclic amines) is 1. The van der Waals surface area contributed by atoms with E-state index in [0.717, 1.165) is 17.7 Å². The summed E-state index contributed by atoms with van der Waals surface area (Å²) < 4.78 is 7.02. The largest absolute Gasteiger partial charge is 0.373 e. The molecule has 5 atom stereocenters. The lowest BCUT2D eigenvalue weighted by atomic mass is 9.81. The average molecular weight is 345 g/mol. The fraction of sp³-hybridized carbons (Fsp3) is 0.529. The Morgan fingerprint density at radius 2 is 1.80 bits per heavy atom. The van der Waals surface area contributed by atoms with Gasteiger partial charge in [-0.05, 0) is 31.9 Å². The van der Waals surface area contributed by atoms with Gasteiger partial charge in [0.1, 0.15) is 11.7 Å². The molecule has 3 aliphatic heterocycles. The third kappa shape index (κ3) is 2.24.